The highest BCUT2D eigenvalue weighted by atomic mass is 32.1. The van der Waals surface area contributed by atoms with Crippen molar-refractivity contribution in [3.8, 4) is 21.8 Å². The van der Waals surface area contributed by atoms with Crippen LogP contribution in [0.1, 0.15) is 18.9 Å². The number of hydrogen-bond acceptors (Lipinski definition) is 4. The minimum absolute atomic E-state index is 0.0529. The largest absolute Gasteiger partial charge is 0.300 e. The van der Waals surface area contributed by atoms with Crippen LogP contribution in [0.5, 0.6) is 0 Å². The first-order valence-electron chi connectivity index (χ1n) is 9.19. The zero-order chi connectivity index (χ0) is 19.7. The maximum absolute atomic E-state index is 13.3. The van der Waals surface area contributed by atoms with E-state index in [-0.39, 0.29) is 11.3 Å². The van der Waals surface area contributed by atoms with Crippen LogP contribution in [0.3, 0.4) is 0 Å². The summed E-state index contributed by atoms with van der Waals surface area (Å²) in [6.45, 7) is 3.89. The molecule has 0 unspecified atom stereocenters. The van der Waals surface area contributed by atoms with Gasteiger partial charge in [0.2, 0.25) is 0 Å². The number of benzene rings is 2. The molecule has 0 N–H and O–H groups in total. The van der Waals surface area contributed by atoms with Gasteiger partial charge in [-0.1, -0.05) is 60.2 Å². The molecular formula is C23H20N2O2S. The summed E-state index contributed by atoms with van der Waals surface area (Å²) in [5.41, 5.74) is 2.99. The van der Waals surface area contributed by atoms with Crippen molar-refractivity contribution in [3.05, 3.63) is 76.6 Å². The van der Waals surface area contributed by atoms with Crippen molar-refractivity contribution in [1.29, 1.82) is 0 Å². The molecule has 0 radical (unpaired) electrons. The van der Waals surface area contributed by atoms with Gasteiger partial charge in [0.25, 0.3) is 5.56 Å². The average molecular weight is 388 g/mol. The SMILES string of the molecule is CC(=O)CCn1c(-c2ccc(C)cc2)nc2sc(-c3ccccc3)cc2c1=O. The van der Waals surface area contributed by atoms with Gasteiger partial charge in [0.05, 0.1) is 5.39 Å². The second-order valence-corrected chi connectivity index (χ2v) is 7.94. The topological polar surface area (TPSA) is 52.0 Å². The fourth-order valence-electron chi connectivity index (χ4n) is 3.16. The third-order valence-electron chi connectivity index (χ3n) is 4.71. The predicted molar refractivity (Wildman–Crippen MR) is 115 cm³/mol. The van der Waals surface area contributed by atoms with Gasteiger partial charge in [0.15, 0.2) is 0 Å². The van der Waals surface area contributed by atoms with Crippen LogP contribution in [-0.4, -0.2) is 15.3 Å². The third kappa shape index (κ3) is 3.53. The number of fused-ring (bicyclic) bond motifs is 1. The van der Waals surface area contributed by atoms with Crippen LogP contribution in [0.4, 0.5) is 0 Å². The minimum Gasteiger partial charge on any atom is -0.300 e. The molecular weight excluding hydrogens is 368 g/mol. The molecule has 4 aromatic rings. The predicted octanol–water partition coefficient (Wildman–Crippen LogP) is 5.08. The number of thiophene rings is 1. The number of aryl methyl sites for hydroxylation is 1. The zero-order valence-corrected chi connectivity index (χ0v) is 16.6. The first-order valence-corrected chi connectivity index (χ1v) is 10.0. The van der Waals surface area contributed by atoms with Gasteiger partial charge in [0, 0.05) is 23.4 Å². The van der Waals surface area contributed by atoms with Crippen molar-refractivity contribution >= 4 is 27.3 Å². The molecule has 0 aliphatic heterocycles. The van der Waals surface area contributed by atoms with Crippen LogP contribution in [0.2, 0.25) is 0 Å². The Hall–Kier alpha value is -3.05. The molecule has 0 bridgehead atoms. The molecule has 0 atom stereocenters. The normalized spacial score (nSPS) is 11.1. The highest BCUT2D eigenvalue weighted by molar-refractivity contribution is 7.21. The number of rotatable bonds is 5. The summed E-state index contributed by atoms with van der Waals surface area (Å²) in [6, 6.07) is 19.9. The number of carbonyl (C=O) groups is 1. The van der Waals surface area contributed by atoms with E-state index in [9.17, 15) is 9.59 Å². The summed E-state index contributed by atoms with van der Waals surface area (Å²) < 4.78 is 1.63. The van der Waals surface area contributed by atoms with Crippen molar-refractivity contribution in [3.63, 3.8) is 0 Å². The minimum atomic E-state index is -0.0970. The number of carbonyl (C=O) groups excluding carboxylic acids is 1. The van der Waals surface area contributed by atoms with Gasteiger partial charge in [-0.2, -0.15) is 0 Å². The molecule has 0 spiro atoms. The van der Waals surface area contributed by atoms with E-state index in [1.54, 1.807) is 11.5 Å². The Morgan fingerprint density at radius 3 is 2.43 bits per heavy atom. The van der Waals surface area contributed by atoms with Crippen LogP contribution >= 0.6 is 11.3 Å². The van der Waals surface area contributed by atoms with Gasteiger partial charge in [-0.25, -0.2) is 4.98 Å². The van der Waals surface area contributed by atoms with E-state index < -0.39 is 0 Å². The lowest BCUT2D eigenvalue weighted by Crippen LogP contribution is -2.24. The van der Waals surface area contributed by atoms with Gasteiger partial charge in [-0.3, -0.25) is 14.2 Å². The quantitative estimate of drug-likeness (QED) is 0.479. The monoisotopic (exact) mass is 388 g/mol. The smallest absolute Gasteiger partial charge is 0.262 e. The van der Waals surface area contributed by atoms with Crippen molar-refractivity contribution < 1.29 is 4.79 Å². The van der Waals surface area contributed by atoms with Crippen molar-refractivity contribution in [2.24, 2.45) is 0 Å². The van der Waals surface area contributed by atoms with Crippen molar-refractivity contribution in [2.75, 3.05) is 0 Å². The van der Waals surface area contributed by atoms with E-state index in [4.69, 9.17) is 4.98 Å². The lowest BCUT2D eigenvalue weighted by Gasteiger charge is -2.12. The molecule has 2 aromatic carbocycles. The standard InChI is InChI=1S/C23H20N2O2S/c1-15-8-10-18(11-9-15)21-24-22-19(23(27)25(21)13-12-16(2)26)14-20(28-22)17-6-4-3-5-7-17/h3-11,14H,12-13H2,1-2H3. The number of hydrogen-bond donors (Lipinski definition) is 0. The van der Waals surface area contributed by atoms with Crippen LogP contribution < -0.4 is 5.56 Å². The number of nitrogens with zero attached hydrogens (tertiary/aromatic N) is 2. The Kier molecular flexibility index (Phi) is 4.92. The van der Waals surface area contributed by atoms with Gasteiger partial charge in [-0.05, 0) is 25.5 Å². The first-order chi connectivity index (χ1) is 13.5. The van der Waals surface area contributed by atoms with E-state index in [0.717, 1.165) is 26.4 Å². The van der Waals surface area contributed by atoms with Gasteiger partial charge >= 0.3 is 0 Å². The Morgan fingerprint density at radius 1 is 1.04 bits per heavy atom. The van der Waals surface area contributed by atoms with Crippen LogP contribution in [0.15, 0.2) is 65.5 Å². The Morgan fingerprint density at radius 2 is 1.75 bits per heavy atom. The van der Waals surface area contributed by atoms with E-state index >= 15 is 0 Å². The molecule has 0 aliphatic carbocycles. The summed E-state index contributed by atoms with van der Waals surface area (Å²) in [4.78, 5) is 31.4. The van der Waals surface area contributed by atoms with Crippen molar-refractivity contribution in [1.82, 2.24) is 9.55 Å². The van der Waals surface area contributed by atoms with E-state index in [1.807, 2.05) is 67.6 Å². The molecule has 4 nitrogen and oxygen atoms in total. The molecule has 0 amide bonds. The van der Waals surface area contributed by atoms with E-state index in [1.165, 1.54) is 11.3 Å². The Balaban J connectivity index is 1.92. The molecule has 140 valence electrons. The molecule has 5 heteroatoms. The lowest BCUT2D eigenvalue weighted by molar-refractivity contribution is -0.117. The summed E-state index contributed by atoms with van der Waals surface area (Å²) in [7, 11) is 0. The van der Waals surface area contributed by atoms with E-state index in [0.29, 0.717) is 24.2 Å². The maximum Gasteiger partial charge on any atom is 0.262 e. The highest BCUT2D eigenvalue weighted by Crippen LogP contribution is 2.32. The summed E-state index contributed by atoms with van der Waals surface area (Å²) in [6.07, 6.45) is 0.307. The molecule has 28 heavy (non-hydrogen) atoms. The first kappa shape index (κ1) is 18.3. The Bertz CT molecular complexity index is 1210. The molecule has 0 saturated carbocycles. The molecule has 4 rings (SSSR count). The second-order valence-electron chi connectivity index (χ2n) is 6.91. The van der Waals surface area contributed by atoms with Gasteiger partial charge < -0.3 is 0 Å². The van der Waals surface area contributed by atoms with Gasteiger partial charge in [0.1, 0.15) is 16.4 Å². The van der Waals surface area contributed by atoms with Gasteiger partial charge in [-0.15, -0.1) is 11.3 Å². The fraction of sp³-hybridized carbons (Fsp3) is 0.174. The number of aromatic nitrogens is 2. The fourth-order valence-corrected chi connectivity index (χ4v) is 4.19. The number of Topliss-reactive ketones (excluding diaryl/α,β-unsaturated/α-hetero) is 1. The zero-order valence-electron chi connectivity index (χ0n) is 15.8. The molecule has 0 fully saturated rings. The number of ketones is 1. The molecule has 2 heterocycles. The maximum atomic E-state index is 13.3. The second kappa shape index (κ2) is 7.52. The average Bonchev–Trinajstić information content (AvgIpc) is 3.13. The molecule has 2 aromatic heterocycles. The summed E-state index contributed by atoms with van der Waals surface area (Å²) in [5, 5.41) is 0.600. The lowest BCUT2D eigenvalue weighted by atomic mass is 10.1. The highest BCUT2D eigenvalue weighted by Gasteiger charge is 2.16. The molecule has 0 saturated heterocycles. The Labute approximate surface area is 167 Å². The van der Waals surface area contributed by atoms with Crippen LogP contribution in [0.25, 0.3) is 32.0 Å². The third-order valence-corrected chi connectivity index (χ3v) is 5.78. The molecule has 0 aliphatic rings. The summed E-state index contributed by atoms with van der Waals surface area (Å²) in [5.74, 6) is 0.664. The van der Waals surface area contributed by atoms with Crippen LogP contribution in [0, 0.1) is 6.92 Å². The van der Waals surface area contributed by atoms with Crippen LogP contribution in [-0.2, 0) is 11.3 Å². The van der Waals surface area contributed by atoms with Crippen molar-refractivity contribution in [2.45, 2.75) is 26.8 Å². The van der Waals surface area contributed by atoms with E-state index in [2.05, 4.69) is 0 Å². The summed E-state index contributed by atoms with van der Waals surface area (Å²) >= 11 is 1.52.